The van der Waals surface area contributed by atoms with Crippen molar-refractivity contribution in [2.45, 2.75) is 17.7 Å². The van der Waals surface area contributed by atoms with Gasteiger partial charge in [0, 0.05) is 5.69 Å². The highest BCUT2D eigenvalue weighted by molar-refractivity contribution is 7.92. The molecule has 0 fully saturated rings. The minimum absolute atomic E-state index is 0.341. The van der Waals surface area contributed by atoms with Gasteiger partial charge in [-0.05, 0) is 61.3 Å². The molecule has 6 heteroatoms. The molecule has 0 atom stereocenters. The monoisotopic (exact) mass is 320 g/mol. The third kappa shape index (κ3) is 3.13. The van der Waals surface area contributed by atoms with Crippen molar-refractivity contribution in [2.24, 2.45) is 0 Å². The maximum atomic E-state index is 13.7. The van der Waals surface area contributed by atoms with Crippen molar-refractivity contribution in [1.29, 1.82) is 0 Å². The highest BCUT2D eigenvalue weighted by Gasteiger charge is 2.19. The van der Waals surface area contributed by atoms with E-state index in [2.05, 4.69) is 10.0 Å². The van der Waals surface area contributed by atoms with Crippen LogP contribution < -0.4 is 10.0 Å². The van der Waals surface area contributed by atoms with Crippen molar-refractivity contribution in [3.05, 3.63) is 59.4 Å². The summed E-state index contributed by atoms with van der Waals surface area (Å²) in [5.74, 6) is -0.756. The summed E-state index contributed by atoms with van der Waals surface area (Å²) >= 11 is 0. The molecule has 4 nitrogen and oxygen atoms in total. The van der Waals surface area contributed by atoms with Crippen LogP contribution in [0.5, 0.6) is 0 Å². The lowest BCUT2D eigenvalue weighted by Crippen LogP contribution is -2.16. The summed E-state index contributed by atoms with van der Waals surface area (Å²) in [6, 6.07) is 10.8. The molecule has 0 radical (unpaired) electrons. The van der Waals surface area contributed by atoms with Crippen LogP contribution in [0.3, 0.4) is 0 Å². The molecule has 0 spiro atoms. The van der Waals surface area contributed by atoms with E-state index in [4.69, 9.17) is 0 Å². The number of sulfonamides is 1. The molecule has 3 rings (SSSR count). The van der Waals surface area contributed by atoms with Gasteiger partial charge in [0.1, 0.15) is 10.7 Å². The average molecular weight is 320 g/mol. The lowest BCUT2D eigenvalue weighted by Gasteiger charge is -2.12. The zero-order valence-corrected chi connectivity index (χ0v) is 12.8. The Hall–Kier alpha value is -1.92. The lowest BCUT2D eigenvalue weighted by atomic mass is 10.0. The van der Waals surface area contributed by atoms with Crippen LogP contribution in [0.15, 0.2) is 47.4 Å². The molecule has 0 saturated carbocycles. The smallest absolute Gasteiger partial charge is 0.264 e. The Bertz CT molecular complexity index is 790. The van der Waals surface area contributed by atoms with Gasteiger partial charge in [-0.1, -0.05) is 18.2 Å². The van der Waals surface area contributed by atoms with Crippen LogP contribution in [0.25, 0.3) is 0 Å². The Balaban J connectivity index is 1.90. The largest absolute Gasteiger partial charge is 0.316 e. The molecule has 116 valence electrons. The summed E-state index contributed by atoms with van der Waals surface area (Å²) in [4.78, 5) is -0.341. The number of anilines is 1. The lowest BCUT2D eigenvalue weighted by molar-refractivity contribution is 0.570. The number of hydrogen-bond acceptors (Lipinski definition) is 3. The van der Waals surface area contributed by atoms with Crippen molar-refractivity contribution in [3.63, 3.8) is 0 Å². The molecule has 0 aliphatic carbocycles. The van der Waals surface area contributed by atoms with Crippen LogP contribution in [0.1, 0.15) is 11.1 Å². The van der Waals surface area contributed by atoms with E-state index in [1.54, 1.807) is 6.07 Å². The third-order valence-corrected chi connectivity index (χ3v) is 5.14. The van der Waals surface area contributed by atoms with Gasteiger partial charge >= 0.3 is 0 Å². The highest BCUT2D eigenvalue weighted by atomic mass is 32.2. The maximum absolute atomic E-state index is 13.7. The van der Waals surface area contributed by atoms with Gasteiger partial charge in [0.05, 0.1) is 0 Å². The predicted octanol–water partition coefficient (Wildman–Crippen LogP) is 2.31. The van der Waals surface area contributed by atoms with E-state index in [0.717, 1.165) is 37.6 Å². The molecular weight excluding hydrogens is 303 g/mol. The number of nitrogens with one attached hydrogen (secondary N) is 2. The molecule has 1 heterocycles. The Morgan fingerprint density at radius 2 is 1.73 bits per heavy atom. The van der Waals surface area contributed by atoms with Crippen LogP contribution >= 0.6 is 0 Å². The van der Waals surface area contributed by atoms with Gasteiger partial charge in [0.15, 0.2) is 0 Å². The van der Waals surface area contributed by atoms with Gasteiger partial charge in [0.2, 0.25) is 0 Å². The van der Waals surface area contributed by atoms with E-state index in [-0.39, 0.29) is 4.90 Å². The molecule has 1 aliphatic heterocycles. The van der Waals surface area contributed by atoms with Crippen LogP contribution in [0, 0.1) is 5.82 Å². The van der Waals surface area contributed by atoms with Crippen LogP contribution in [-0.2, 0) is 22.9 Å². The van der Waals surface area contributed by atoms with Crippen molar-refractivity contribution in [3.8, 4) is 0 Å². The van der Waals surface area contributed by atoms with E-state index in [9.17, 15) is 12.8 Å². The second kappa shape index (κ2) is 6.06. The maximum Gasteiger partial charge on any atom is 0.264 e. The molecule has 2 aromatic carbocycles. The normalized spacial score (nSPS) is 15.0. The Kier molecular flexibility index (Phi) is 4.13. The standard InChI is InChI=1S/C16H17FN2O2S/c17-15-3-1-2-4-16(15)22(20,21)19-14-6-5-12-7-9-18-10-8-13(12)11-14/h1-6,11,18-19H,7-10H2. The van der Waals surface area contributed by atoms with Gasteiger partial charge in [-0.2, -0.15) is 0 Å². The van der Waals surface area contributed by atoms with Gasteiger partial charge in [-0.3, -0.25) is 4.72 Å². The zero-order chi connectivity index (χ0) is 15.6. The number of hydrogen-bond donors (Lipinski definition) is 2. The highest BCUT2D eigenvalue weighted by Crippen LogP contribution is 2.22. The van der Waals surface area contributed by atoms with E-state index in [1.165, 1.54) is 23.8 Å². The van der Waals surface area contributed by atoms with E-state index >= 15 is 0 Å². The number of benzene rings is 2. The summed E-state index contributed by atoms with van der Waals surface area (Å²) in [6.45, 7) is 1.80. The first-order chi connectivity index (χ1) is 10.6. The molecule has 0 unspecified atom stereocenters. The second-order valence-electron chi connectivity index (χ2n) is 5.27. The van der Waals surface area contributed by atoms with Crippen molar-refractivity contribution in [2.75, 3.05) is 17.8 Å². The predicted molar refractivity (Wildman–Crippen MR) is 83.9 cm³/mol. The molecule has 1 aliphatic rings. The fourth-order valence-electron chi connectivity index (χ4n) is 2.61. The zero-order valence-electron chi connectivity index (χ0n) is 12.0. The fourth-order valence-corrected chi connectivity index (χ4v) is 3.74. The minimum atomic E-state index is -3.92. The van der Waals surface area contributed by atoms with E-state index < -0.39 is 15.8 Å². The first-order valence-electron chi connectivity index (χ1n) is 7.16. The molecule has 0 bridgehead atoms. The Morgan fingerprint density at radius 3 is 2.50 bits per heavy atom. The van der Waals surface area contributed by atoms with Crippen LogP contribution in [-0.4, -0.2) is 21.5 Å². The summed E-state index contributed by atoms with van der Waals surface area (Å²) < 4.78 is 40.7. The number of fused-ring (bicyclic) bond motifs is 1. The summed E-state index contributed by atoms with van der Waals surface area (Å²) in [5, 5.41) is 3.31. The Morgan fingerprint density at radius 1 is 1.00 bits per heavy atom. The quantitative estimate of drug-likeness (QED) is 0.912. The van der Waals surface area contributed by atoms with Crippen LogP contribution in [0.4, 0.5) is 10.1 Å². The van der Waals surface area contributed by atoms with E-state index in [1.807, 2.05) is 12.1 Å². The fraction of sp³-hybridized carbons (Fsp3) is 0.250. The molecule has 2 aromatic rings. The Labute approximate surface area is 129 Å². The second-order valence-corrected chi connectivity index (χ2v) is 6.92. The molecular formula is C16H17FN2O2S. The van der Waals surface area contributed by atoms with Gasteiger partial charge in [-0.15, -0.1) is 0 Å². The number of halogens is 1. The first-order valence-corrected chi connectivity index (χ1v) is 8.64. The van der Waals surface area contributed by atoms with Gasteiger partial charge in [0.25, 0.3) is 10.0 Å². The summed E-state index contributed by atoms with van der Waals surface area (Å²) in [5.41, 5.74) is 2.81. The molecule has 0 saturated heterocycles. The summed E-state index contributed by atoms with van der Waals surface area (Å²) in [7, 11) is -3.92. The molecule has 0 aromatic heterocycles. The molecule has 0 amide bonds. The summed E-state index contributed by atoms with van der Waals surface area (Å²) in [6.07, 6.45) is 1.78. The topological polar surface area (TPSA) is 58.2 Å². The van der Waals surface area contributed by atoms with Crippen LogP contribution in [0.2, 0.25) is 0 Å². The minimum Gasteiger partial charge on any atom is -0.316 e. The SMILES string of the molecule is O=S(=O)(Nc1ccc2c(c1)CCNCC2)c1ccccc1F. The van der Waals surface area contributed by atoms with E-state index in [0.29, 0.717) is 5.69 Å². The molecule has 22 heavy (non-hydrogen) atoms. The van der Waals surface area contributed by atoms with Crippen molar-refractivity contribution >= 4 is 15.7 Å². The van der Waals surface area contributed by atoms with Gasteiger partial charge in [-0.25, -0.2) is 12.8 Å². The average Bonchev–Trinajstić information content (AvgIpc) is 2.72. The molecule has 2 N–H and O–H groups in total. The van der Waals surface area contributed by atoms with Crippen molar-refractivity contribution in [1.82, 2.24) is 5.32 Å². The van der Waals surface area contributed by atoms with Crippen molar-refractivity contribution < 1.29 is 12.8 Å². The number of rotatable bonds is 3. The van der Waals surface area contributed by atoms with Gasteiger partial charge < -0.3 is 5.32 Å². The first kappa shape index (κ1) is 15.0. The third-order valence-electron chi connectivity index (χ3n) is 3.73.